The van der Waals surface area contributed by atoms with Gasteiger partial charge in [-0.3, -0.25) is 19.2 Å². The number of hydrogen-bond donors (Lipinski definition) is 3. The Morgan fingerprint density at radius 3 is 2.44 bits per heavy atom. The number of cyclic esters (lactones) is 1. The van der Waals surface area contributed by atoms with Crippen LogP contribution in [0.1, 0.15) is 60.3 Å². The van der Waals surface area contributed by atoms with Crippen molar-refractivity contribution < 1.29 is 38.9 Å². The lowest BCUT2D eigenvalue weighted by Gasteiger charge is -2.47. The van der Waals surface area contributed by atoms with Gasteiger partial charge in [-0.1, -0.05) is 0 Å². The first-order valence-electron chi connectivity index (χ1n) is 12.5. The monoisotopic (exact) mass is 529 g/mol. The van der Waals surface area contributed by atoms with Crippen LogP contribution in [0, 0.1) is 31.6 Å². The van der Waals surface area contributed by atoms with Crippen molar-refractivity contribution in [3.8, 4) is 11.5 Å². The molecule has 3 aromatic rings. The fourth-order valence-electron chi connectivity index (χ4n) is 8.40. The van der Waals surface area contributed by atoms with Crippen LogP contribution in [0.5, 0.6) is 11.5 Å². The summed E-state index contributed by atoms with van der Waals surface area (Å²) in [5.41, 5.74) is -2.79. The SMILES string of the molecule is CO[C@@]12c3c(C)c(O)cc4c(=O)[nH]cc(c34)C(=O)[C@@H]1[C@]13COC(=O)c4c(O)cc(C)c(c41)C(=O)[C@@H]2[C@@H]3C(C)=O. The van der Waals surface area contributed by atoms with E-state index in [9.17, 15) is 34.2 Å². The number of pyridine rings is 1. The first-order valence-corrected chi connectivity index (χ1v) is 12.5. The molecule has 0 amide bonds. The van der Waals surface area contributed by atoms with Gasteiger partial charge in [0.1, 0.15) is 35.1 Å². The summed E-state index contributed by atoms with van der Waals surface area (Å²) in [6, 6.07) is 2.57. The molecule has 2 aromatic carbocycles. The van der Waals surface area contributed by atoms with E-state index in [1.807, 2.05) is 0 Å². The van der Waals surface area contributed by atoms with Crippen LogP contribution in [-0.2, 0) is 25.3 Å². The van der Waals surface area contributed by atoms with E-state index in [2.05, 4.69) is 4.98 Å². The minimum Gasteiger partial charge on any atom is -0.508 e. The Morgan fingerprint density at radius 2 is 1.77 bits per heavy atom. The molecule has 2 heterocycles. The molecule has 0 radical (unpaired) electrons. The maximum atomic E-state index is 14.6. The number of ketones is 3. The molecule has 10 nitrogen and oxygen atoms in total. The molecule has 3 aliphatic carbocycles. The highest BCUT2D eigenvalue weighted by molar-refractivity contribution is 6.19. The second kappa shape index (κ2) is 7.01. The Hall–Kier alpha value is -4.31. The number of aromatic hydroxyl groups is 2. The van der Waals surface area contributed by atoms with Crippen molar-refractivity contribution in [2.75, 3.05) is 13.7 Å². The number of rotatable bonds is 2. The number of fused-ring (bicyclic) bond motifs is 4. The quantitative estimate of drug-likeness (QED) is 0.423. The summed E-state index contributed by atoms with van der Waals surface area (Å²) in [4.78, 5) is 71.3. The van der Waals surface area contributed by atoms with Crippen LogP contribution in [0.4, 0.5) is 0 Å². The van der Waals surface area contributed by atoms with Gasteiger partial charge >= 0.3 is 5.97 Å². The Bertz CT molecular complexity index is 1830. The summed E-state index contributed by atoms with van der Waals surface area (Å²) < 4.78 is 11.9. The fraction of sp³-hybridized carbons (Fsp3) is 0.345. The summed E-state index contributed by atoms with van der Waals surface area (Å²) in [6.45, 7) is 4.14. The number of phenolic OH excluding ortho intramolecular Hbond substituents is 2. The van der Waals surface area contributed by atoms with E-state index in [1.165, 1.54) is 32.4 Å². The lowest BCUT2D eigenvalue weighted by atomic mass is 9.56. The highest BCUT2D eigenvalue weighted by atomic mass is 16.5. The van der Waals surface area contributed by atoms with Gasteiger partial charge in [0.05, 0.1) is 22.6 Å². The lowest BCUT2D eigenvalue weighted by molar-refractivity contribution is -0.126. The van der Waals surface area contributed by atoms with Crippen LogP contribution in [0.2, 0.25) is 0 Å². The smallest absolute Gasteiger partial charge is 0.342 e. The number of methoxy groups -OCH3 is 1. The van der Waals surface area contributed by atoms with Crippen molar-refractivity contribution in [1.29, 1.82) is 0 Å². The van der Waals surface area contributed by atoms with E-state index in [0.29, 0.717) is 11.1 Å². The number of H-pyrrole nitrogens is 1. The van der Waals surface area contributed by atoms with Crippen molar-refractivity contribution in [3.05, 3.63) is 67.6 Å². The first kappa shape index (κ1) is 23.8. The topological polar surface area (TPSA) is 160 Å². The van der Waals surface area contributed by atoms with Crippen LogP contribution < -0.4 is 5.56 Å². The molecule has 10 heteroatoms. The van der Waals surface area contributed by atoms with Gasteiger partial charge in [-0.05, 0) is 49.6 Å². The minimum absolute atomic E-state index is 0.0432. The summed E-state index contributed by atoms with van der Waals surface area (Å²) in [5, 5.41) is 22.1. The largest absolute Gasteiger partial charge is 0.508 e. The highest BCUT2D eigenvalue weighted by Gasteiger charge is 2.80. The number of esters is 1. The van der Waals surface area contributed by atoms with Crippen LogP contribution >= 0.6 is 0 Å². The van der Waals surface area contributed by atoms with Gasteiger partial charge in [0.25, 0.3) is 5.56 Å². The summed E-state index contributed by atoms with van der Waals surface area (Å²) in [5.74, 6) is -6.63. The molecule has 39 heavy (non-hydrogen) atoms. The summed E-state index contributed by atoms with van der Waals surface area (Å²) in [6.07, 6.45) is 1.29. The molecule has 7 rings (SSSR count). The van der Waals surface area contributed by atoms with Gasteiger partial charge in [-0.2, -0.15) is 0 Å². The molecule has 3 N–H and O–H groups in total. The second-order valence-electron chi connectivity index (χ2n) is 11.0. The number of nitrogens with one attached hydrogen (secondary N) is 1. The number of ether oxygens (including phenoxy) is 2. The normalized spacial score (nSPS) is 29.7. The molecule has 1 fully saturated rings. The van der Waals surface area contributed by atoms with E-state index in [4.69, 9.17) is 9.47 Å². The maximum Gasteiger partial charge on any atom is 0.342 e. The average Bonchev–Trinajstić information content (AvgIpc) is 3.10. The van der Waals surface area contributed by atoms with Crippen LogP contribution in [-0.4, -0.2) is 52.2 Å². The molecular formula is C29H23NO9. The maximum absolute atomic E-state index is 14.6. The van der Waals surface area contributed by atoms with Gasteiger partial charge in [0.15, 0.2) is 11.6 Å². The predicted molar refractivity (Wildman–Crippen MR) is 134 cm³/mol. The van der Waals surface area contributed by atoms with Crippen molar-refractivity contribution >= 4 is 34.1 Å². The number of aromatic nitrogens is 1. The van der Waals surface area contributed by atoms with Crippen molar-refractivity contribution in [3.63, 3.8) is 0 Å². The van der Waals surface area contributed by atoms with E-state index >= 15 is 0 Å². The number of aryl methyl sites for hydroxylation is 1. The molecule has 2 bridgehead atoms. The fourth-order valence-corrected chi connectivity index (χ4v) is 8.40. The van der Waals surface area contributed by atoms with Gasteiger partial charge in [0.2, 0.25) is 0 Å². The number of hydrogen-bond acceptors (Lipinski definition) is 9. The third kappa shape index (κ3) is 2.28. The number of benzene rings is 2. The number of aromatic amines is 1. The molecule has 1 aromatic heterocycles. The molecule has 5 atom stereocenters. The Kier molecular flexibility index (Phi) is 4.27. The third-order valence-corrected chi connectivity index (χ3v) is 9.55. The first-order chi connectivity index (χ1) is 18.4. The van der Waals surface area contributed by atoms with E-state index < -0.39 is 70.0 Å². The number of phenols is 2. The van der Waals surface area contributed by atoms with Gasteiger partial charge in [-0.25, -0.2) is 4.79 Å². The van der Waals surface area contributed by atoms with E-state index in [0.717, 1.165) is 0 Å². The van der Waals surface area contributed by atoms with Crippen LogP contribution in [0.15, 0.2) is 23.1 Å². The second-order valence-corrected chi connectivity index (χ2v) is 11.0. The van der Waals surface area contributed by atoms with E-state index in [-0.39, 0.29) is 44.3 Å². The van der Waals surface area contributed by atoms with Crippen molar-refractivity contribution in [2.24, 2.45) is 17.8 Å². The Labute approximate surface area is 220 Å². The van der Waals surface area contributed by atoms with Crippen molar-refractivity contribution in [1.82, 2.24) is 4.98 Å². The zero-order valence-electron chi connectivity index (χ0n) is 21.4. The average molecular weight is 530 g/mol. The third-order valence-electron chi connectivity index (χ3n) is 9.55. The molecular weight excluding hydrogens is 506 g/mol. The summed E-state index contributed by atoms with van der Waals surface area (Å²) >= 11 is 0. The Balaban J connectivity index is 1.76. The van der Waals surface area contributed by atoms with Gasteiger partial charge in [-0.15, -0.1) is 0 Å². The number of carbonyl (C=O) groups excluding carboxylic acids is 4. The zero-order chi connectivity index (χ0) is 27.9. The molecule has 1 spiro atoms. The van der Waals surface area contributed by atoms with Crippen molar-refractivity contribution in [2.45, 2.75) is 31.8 Å². The van der Waals surface area contributed by atoms with Gasteiger partial charge < -0.3 is 24.7 Å². The molecule has 4 aliphatic rings. The van der Waals surface area contributed by atoms with Crippen LogP contribution in [0.25, 0.3) is 10.8 Å². The van der Waals surface area contributed by atoms with E-state index in [1.54, 1.807) is 13.8 Å². The van der Waals surface area contributed by atoms with Crippen LogP contribution in [0.3, 0.4) is 0 Å². The molecule has 0 unspecified atom stereocenters. The number of Topliss-reactive ketones (excluding diaryl/α,β-unsaturated/α-hetero) is 3. The standard InChI is InChI=1S/C29H23NO9/c1-9-5-15(33)18-21-16(9)24(35)22-20(11(3)31)28(21,8-39-27(18)37)25-23(34)13-7-30-26(36)12-6-14(32)10(2)19(17(12)13)29(22,25)38-4/h5-7,20,22,25,32-33H,8H2,1-4H3,(H,30,36)/t20-,22-,25+,28-,29+/m0/s1. The Morgan fingerprint density at radius 1 is 1.05 bits per heavy atom. The van der Waals surface area contributed by atoms with Gasteiger partial charge in [0, 0.05) is 41.3 Å². The molecule has 198 valence electrons. The molecule has 1 aliphatic heterocycles. The summed E-state index contributed by atoms with van der Waals surface area (Å²) in [7, 11) is 1.33. The minimum atomic E-state index is -1.80. The molecule has 0 saturated heterocycles. The number of carbonyl (C=O) groups is 4. The highest BCUT2D eigenvalue weighted by Crippen LogP contribution is 2.71. The molecule has 1 saturated carbocycles. The lowest BCUT2D eigenvalue weighted by Crippen LogP contribution is -2.56. The predicted octanol–water partition coefficient (Wildman–Crippen LogP) is 2.35. The zero-order valence-corrected chi connectivity index (χ0v) is 21.4.